The number of nitrogens with zero attached hydrogens (tertiary/aromatic N) is 1. The lowest BCUT2D eigenvalue weighted by molar-refractivity contribution is 0.101. The monoisotopic (exact) mass is 403 g/mol. The Balaban J connectivity index is 2.23. The Morgan fingerprint density at radius 2 is 2.20 bits per heavy atom. The third-order valence-electron chi connectivity index (χ3n) is 2.79. The number of aryl methyl sites for hydroxylation is 1. The van der Waals surface area contributed by atoms with Gasteiger partial charge >= 0.3 is 0 Å². The van der Waals surface area contributed by atoms with Crippen LogP contribution in [0.15, 0.2) is 30.5 Å². The molecule has 2 aromatic rings. The Morgan fingerprint density at radius 3 is 2.85 bits per heavy atom. The highest BCUT2D eigenvalue weighted by Crippen LogP contribution is 2.24. The molecule has 6 heteroatoms. The number of carbonyl (C=O) groups excluding carboxylic acids is 1. The summed E-state index contributed by atoms with van der Waals surface area (Å²) in [6.07, 6.45) is 2.70. The molecule has 3 N–H and O–H groups in total. The number of nitrogen functional groups attached to an aromatic ring is 1. The van der Waals surface area contributed by atoms with Crippen molar-refractivity contribution in [2.24, 2.45) is 0 Å². The van der Waals surface area contributed by atoms with E-state index in [1.54, 1.807) is 24.4 Å². The maximum atomic E-state index is 12.3. The second kappa shape index (κ2) is 6.49. The third-order valence-corrected chi connectivity index (χ3v) is 3.78. The minimum absolute atomic E-state index is 0.210. The molecule has 20 heavy (non-hydrogen) atoms. The molecule has 106 valence electrons. The van der Waals surface area contributed by atoms with E-state index in [9.17, 15) is 4.79 Å². The largest absolute Gasteiger partial charge is 0.397 e. The fourth-order valence-electron chi connectivity index (χ4n) is 1.93. The highest BCUT2D eigenvalue weighted by atomic mass is 127. The van der Waals surface area contributed by atoms with Gasteiger partial charge in [0.25, 0.3) is 5.91 Å². The van der Waals surface area contributed by atoms with Gasteiger partial charge in [-0.3, -0.25) is 4.79 Å². The number of rotatable bonds is 4. The van der Waals surface area contributed by atoms with Crippen LogP contribution in [0.3, 0.4) is 0 Å². The topological polar surface area (TPSA) is 60.0 Å². The molecule has 0 unspecified atom stereocenters. The van der Waals surface area contributed by atoms with Crippen LogP contribution in [0, 0.1) is 3.57 Å². The first-order valence-electron chi connectivity index (χ1n) is 6.23. The van der Waals surface area contributed by atoms with E-state index in [1.807, 2.05) is 17.6 Å². The Morgan fingerprint density at radius 1 is 1.45 bits per heavy atom. The van der Waals surface area contributed by atoms with Gasteiger partial charge in [0.05, 0.1) is 16.4 Å². The highest BCUT2D eigenvalue weighted by Gasteiger charge is 2.14. The lowest BCUT2D eigenvalue weighted by Gasteiger charge is -2.10. The molecular weight excluding hydrogens is 389 g/mol. The van der Waals surface area contributed by atoms with E-state index in [1.165, 1.54) is 0 Å². The van der Waals surface area contributed by atoms with Gasteiger partial charge < -0.3 is 15.6 Å². The van der Waals surface area contributed by atoms with Gasteiger partial charge in [0.2, 0.25) is 0 Å². The van der Waals surface area contributed by atoms with Crippen LogP contribution in [0.4, 0.5) is 11.4 Å². The van der Waals surface area contributed by atoms with E-state index in [0.29, 0.717) is 22.1 Å². The van der Waals surface area contributed by atoms with Crippen LogP contribution in [0.25, 0.3) is 0 Å². The summed E-state index contributed by atoms with van der Waals surface area (Å²) in [6.45, 7) is 2.80. The molecule has 0 fully saturated rings. The van der Waals surface area contributed by atoms with Crippen LogP contribution in [0.5, 0.6) is 0 Å². The van der Waals surface area contributed by atoms with Gasteiger partial charge in [-0.1, -0.05) is 18.5 Å². The second-order valence-electron chi connectivity index (χ2n) is 4.43. The van der Waals surface area contributed by atoms with Crippen LogP contribution in [-0.4, -0.2) is 10.5 Å². The third kappa shape index (κ3) is 3.46. The van der Waals surface area contributed by atoms with Crippen LogP contribution >= 0.6 is 34.2 Å². The number of nitrogens with one attached hydrogen (secondary N) is 1. The van der Waals surface area contributed by atoms with Gasteiger partial charge in [0, 0.05) is 16.3 Å². The first-order chi connectivity index (χ1) is 9.51. The molecule has 0 aliphatic carbocycles. The van der Waals surface area contributed by atoms with Crippen LogP contribution in [0.1, 0.15) is 23.8 Å². The molecule has 4 nitrogen and oxygen atoms in total. The molecule has 0 spiro atoms. The standard InChI is InChI=1S/C14H15ClIN3O/c1-2-5-19-8-10(17)7-13(19)14(20)18-12-4-3-9(16)6-11(12)15/h3-4,6-8H,2,5,17H2,1H3,(H,18,20). The number of anilines is 2. The zero-order valence-electron chi connectivity index (χ0n) is 11.0. The van der Waals surface area contributed by atoms with Crippen molar-refractivity contribution in [2.75, 3.05) is 11.1 Å². The Labute approximate surface area is 136 Å². The van der Waals surface area contributed by atoms with E-state index in [4.69, 9.17) is 17.3 Å². The highest BCUT2D eigenvalue weighted by molar-refractivity contribution is 14.1. The Hall–Kier alpha value is -1.21. The summed E-state index contributed by atoms with van der Waals surface area (Å²) in [4.78, 5) is 12.3. The van der Waals surface area contributed by atoms with E-state index in [-0.39, 0.29) is 5.91 Å². The molecule has 2 rings (SSSR count). The van der Waals surface area contributed by atoms with Gasteiger partial charge in [-0.15, -0.1) is 0 Å². The van der Waals surface area contributed by atoms with E-state index < -0.39 is 0 Å². The molecule has 0 aliphatic heterocycles. The predicted molar refractivity (Wildman–Crippen MR) is 91.3 cm³/mol. The molecule has 1 heterocycles. The molecule has 0 saturated heterocycles. The van der Waals surface area contributed by atoms with Crippen molar-refractivity contribution in [2.45, 2.75) is 19.9 Å². The summed E-state index contributed by atoms with van der Waals surface area (Å²) in [7, 11) is 0. The minimum Gasteiger partial charge on any atom is -0.397 e. The number of carbonyl (C=O) groups is 1. The molecule has 0 atom stereocenters. The van der Waals surface area contributed by atoms with Crippen LogP contribution in [0.2, 0.25) is 5.02 Å². The Bertz CT molecular complexity index is 639. The SMILES string of the molecule is CCCn1cc(N)cc1C(=O)Nc1ccc(I)cc1Cl. The molecule has 1 aromatic carbocycles. The fraction of sp³-hybridized carbons (Fsp3) is 0.214. The molecule has 0 saturated carbocycles. The van der Waals surface area contributed by atoms with E-state index in [2.05, 4.69) is 27.9 Å². The van der Waals surface area contributed by atoms with Gasteiger partial charge in [-0.25, -0.2) is 0 Å². The molecular formula is C14H15ClIN3O. The summed E-state index contributed by atoms with van der Waals surface area (Å²) in [5, 5.41) is 3.34. The number of amides is 1. The summed E-state index contributed by atoms with van der Waals surface area (Å²) < 4.78 is 2.87. The normalized spacial score (nSPS) is 10.6. The number of hydrogen-bond donors (Lipinski definition) is 2. The van der Waals surface area contributed by atoms with Crippen molar-refractivity contribution in [1.29, 1.82) is 0 Å². The maximum absolute atomic E-state index is 12.3. The Kier molecular flexibility index (Phi) is 4.93. The average molecular weight is 404 g/mol. The van der Waals surface area contributed by atoms with Gasteiger partial charge in [0.15, 0.2) is 0 Å². The van der Waals surface area contributed by atoms with E-state index >= 15 is 0 Å². The van der Waals surface area contributed by atoms with Gasteiger partial charge in [0.1, 0.15) is 5.69 Å². The molecule has 1 aromatic heterocycles. The quantitative estimate of drug-likeness (QED) is 0.758. The van der Waals surface area contributed by atoms with E-state index in [0.717, 1.165) is 16.5 Å². The summed E-state index contributed by atoms with van der Waals surface area (Å²) >= 11 is 8.29. The molecule has 0 aliphatic rings. The smallest absolute Gasteiger partial charge is 0.272 e. The lowest BCUT2D eigenvalue weighted by atomic mass is 10.3. The fourth-order valence-corrected chi connectivity index (χ4v) is 2.83. The van der Waals surface area contributed by atoms with Crippen LogP contribution < -0.4 is 11.1 Å². The average Bonchev–Trinajstić information content (AvgIpc) is 2.74. The van der Waals surface area contributed by atoms with Crippen molar-refractivity contribution in [3.8, 4) is 0 Å². The lowest BCUT2D eigenvalue weighted by Crippen LogP contribution is -2.17. The molecule has 0 bridgehead atoms. The van der Waals surface area contributed by atoms with Crippen LogP contribution in [-0.2, 0) is 6.54 Å². The van der Waals surface area contributed by atoms with Crippen molar-refractivity contribution in [3.63, 3.8) is 0 Å². The number of halogens is 2. The number of hydrogen-bond acceptors (Lipinski definition) is 2. The van der Waals surface area contributed by atoms with Crippen molar-refractivity contribution >= 4 is 51.5 Å². The predicted octanol–water partition coefficient (Wildman–Crippen LogP) is 3.99. The number of aromatic nitrogens is 1. The first kappa shape index (κ1) is 15.2. The summed E-state index contributed by atoms with van der Waals surface area (Å²) in [6, 6.07) is 7.16. The van der Waals surface area contributed by atoms with Crippen molar-refractivity contribution < 1.29 is 4.79 Å². The van der Waals surface area contributed by atoms with Gasteiger partial charge in [-0.05, 0) is 53.3 Å². The zero-order valence-corrected chi connectivity index (χ0v) is 13.9. The minimum atomic E-state index is -0.210. The maximum Gasteiger partial charge on any atom is 0.272 e. The van der Waals surface area contributed by atoms with Crippen molar-refractivity contribution in [3.05, 3.63) is 44.7 Å². The second-order valence-corrected chi connectivity index (χ2v) is 6.08. The van der Waals surface area contributed by atoms with Crippen molar-refractivity contribution in [1.82, 2.24) is 4.57 Å². The number of benzene rings is 1. The zero-order chi connectivity index (χ0) is 14.7. The molecule has 0 radical (unpaired) electrons. The van der Waals surface area contributed by atoms with Gasteiger partial charge in [-0.2, -0.15) is 0 Å². The summed E-state index contributed by atoms with van der Waals surface area (Å²) in [5.41, 5.74) is 7.48. The summed E-state index contributed by atoms with van der Waals surface area (Å²) in [5.74, 6) is -0.210. The number of nitrogens with two attached hydrogens (primary N) is 1. The molecule has 1 amide bonds. The first-order valence-corrected chi connectivity index (χ1v) is 7.69.